The Hall–Kier alpha value is -3.09. The Morgan fingerprint density at radius 3 is 2.64 bits per heavy atom. The summed E-state index contributed by atoms with van der Waals surface area (Å²) in [6.45, 7) is 5.82. The summed E-state index contributed by atoms with van der Waals surface area (Å²) in [6.07, 6.45) is 6.87. The molecule has 0 unspecified atom stereocenters. The second-order valence-corrected chi connectivity index (χ2v) is 6.88. The van der Waals surface area contributed by atoms with Crippen molar-refractivity contribution in [2.75, 3.05) is 6.61 Å². The number of urea groups is 1. The van der Waals surface area contributed by atoms with Crippen LogP contribution in [0.2, 0.25) is 0 Å². The third kappa shape index (κ3) is 3.78. The Balaban J connectivity index is 2.00. The fourth-order valence-electron chi connectivity index (χ4n) is 3.68. The predicted molar refractivity (Wildman–Crippen MR) is 104 cm³/mol. The monoisotopic (exact) mass is 384 g/mol. The van der Waals surface area contributed by atoms with Gasteiger partial charge in [-0.15, -0.1) is 6.58 Å². The molecule has 1 saturated heterocycles. The van der Waals surface area contributed by atoms with E-state index in [0.717, 1.165) is 30.6 Å². The number of ether oxygens (including phenoxy) is 1. The van der Waals surface area contributed by atoms with E-state index < -0.39 is 17.8 Å². The van der Waals surface area contributed by atoms with E-state index in [9.17, 15) is 19.5 Å². The van der Waals surface area contributed by atoms with E-state index >= 15 is 0 Å². The van der Waals surface area contributed by atoms with Crippen molar-refractivity contribution in [2.24, 2.45) is 0 Å². The summed E-state index contributed by atoms with van der Waals surface area (Å²) in [6, 6.07) is 2.39. The number of phenolic OH excluding ortho intramolecular Hbond substituents is 1. The summed E-state index contributed by atoms with van der Waals surface area (Å²) in [5.74, 6) is -1.04. The molecule has 28 heavy (non-hydrogen) atoms. The highest BCUT2D eigenvalue weighted by atomic mass is 16.5. The number of carbonyl (C=O) groups excluding carboxylic acids is 3. The first-order chi connectivity index (χ1) is 13.5. The number of allylic oxidation sites excluding steroid dienone is 1. The Morgan fingerprint density at radius 1 is 1.29 bits per heavy atom. The highest BCUT2D eigenvalue weighted by Gasteiger charge is 2.40. The van der Waals surface area contributed by atoms with Crippen molar-refractivity contribution in [3.8, 4) is 11.5 Å². The van der Waals surface area contributed by atoms with Gasteiger partial charge in [-0.3, -0.25) is 19.8 Å². The molecule has 0 spiro atoms. The van der Waals surface area contributed by atoms with Crippen LogP contribution in [-0.2, 0) is 16.0 Å². The molecule has 148 valence electrons. The van der Waals surface area contributed by atoms with Crippen LogP contribution in [0.5, 0.6) is 11.5 Å². The first-order valence-electron chi connectivity index (χ1n) is 9.46. The van der Waals surface area contributed by atoms with E-state index in [1.807, 2.05) is 0 Å². The van der Waals surface area contributed by atoms with E-state index in [0.29, 0.717) is 24.2 Å². The quantitative estimate of drug-likeness (QED) is 0.447. The van der Waals surface area contributed by atoms with Gasteiger partial charge in [-0.05, 0) is 50.0 Å². The molecule has 1 saturated carbocycles. The maximum Gasteiger partial charge on any atom is 0.331 e. The minimum absolute atomic E-state index is 0.00563. The Bertz CT molecular complexity index is 853. The summed E-state index contributed by atoms with van der Waals surface area (Å²) in [5, 5.41) is 12.6. The van der Waals surface area contributed by atoms with Gasteiger partial charge in [0.15, 0.2) is 11.5 Å². The number of hydrogen-bond donors (Lipinski definition) is 2. The number of nitrogens with zero attached hydrogens (tertiary/aromatic N) is 1. The lowest BCUT2D eigenvalue weighted by atomic mass is 10.0. The molecule has 0 aromatic heterocycles. The van der Waals surface area contributed by atoms with Crippen LogP contribution in [-0.4, -0.2) is 40.5 Å². The molecule has 3 rings (SSSR count). The van der Waals surface area contributed by atoms with Gasteiger partial charge in [0.05, 0.1) is 6.61 Å². The van der Waals surface area contributed by atoms with E-state index in [-0.39, 0.29) is 23.1 Å². The Labute approximate surface area is 163 Å². The minimum Gasteiger partial charge on any atom is -0.504 e. The van der Waals surface area contributed by atoms with Crippen LogP contribution in [0, 0.1) is 0 Å². The van der Waals surface area contributed by atoms with Gasteiger partial charge in [0.1, 0.15) is 5.57 Å². The fraction of sp³-hybridized carbons (Fsp3) is 0.381. The SMILES string of the molecule is C=CCc1cc(/C=C2\C(=O)NC(=O)N(C3CCCC3)C2=O)cc(OCC)c1O. The number of rotatable bonds is 6. The predicted octanol–water partition coefficient (Wildman–Crippen LogP) is 2.92. The topological polar surface area (TPSA) is 95.9 Å². The highest BCUT2D eigenvalue weighted by molar-refractivity contribution is 6.31. The average Bonchev–Trinajstić information content (AvgIpc) is 3.16. The molecule has 2 aliphatic rings. The zero-order chi connectivity index (χ0) is 20.3. The molecule has 1 heterocycles. The molecule has 0 radical (unpaired) electrons. The van der Waals surface area contributed by atoms with E-state index in [2.05, 4.69) is 11.9 Å². The first-order valence-corrected chi connectivity index (χ1v) is 9.46. The van der Waals surface area contributed by atoms with Crippen LogP contribution in [0.25, 0.3) is 6.08 Å². The number of amides is 4. The number of aromatic hydroxyl groups is 1. The van der Waals surface area contributed by atoms with Crippen LogP contribution >= 0.6 is 0 Å². The second-order valence-electron chi connectivity index (χ2n) is 6.88. The second kappa shape index (κ2) is 8.29. The third-order valence-electron chi connectivity index (χ3n) is 4.97. The van der Waals surface area contributed by atoms with Crippen molar-refractivity contribution >= 4 is 23.9 Å². The molecule has 2 fully saturated rings. The summed E-state index contributed by atoms with van der Waals surface area (Å²) in [7, 11) is 0. The molecule has 4 amide bonds. The third-order valence-corrected chi connectivity index (χ3v) is 4.97. The maximum absolute atomic E-state index is 12.9. The molecule has 0 bridgehead atoms. The minimum atomic E-state index is -0.722. The van der Waals surface area contributed by atoms with Gasteiger partial charge in [-0.25, -0.2) is 4.79 Å². The van der Waals surface area contributed by atoms with Crippen LogP contribution in [0.15, 0.2) is 30.4 Å². The number of hydrogen-bond acceptors (Lipinski definition) is 5. The average molecular weight is 384 g/mol. The van der Waals surface area contributed by atoms with Crippen LogP contribution in [0.4, 0.5) is 4.79 Å². The molecule has 7 nitrogen and oxygen atoms in total. The molecule has 0 atom stereocenters. The number of nitrogens with one attached hydrogen (secondary N) is 1. The molecule has 1 aliphatic heterocycles. The maximum atomic E-state index is 12.9. The van der Waals surface area contributed by atoms with E-state index in [1.165, 1.54) is 6.08 Å². The van der Waals surface area contributed by atoms with E-state index in [1.54, 1.807) is 25.1 Å². The van der Waals surface area contributed by atoms with Crippen molar-refractivity contribution in [1.29, 1.82) is 0 Å². The van der Waals surface area contributed by atoms with Gasteiger partial charge in [0, 0.05) is 11.6 Å². The summed E-state index contributed by atoms with van der Waals surface area (Å²) in [4.78, 5) is 38.6. The fourth-order valence-corrected chi connectivity index (χ4v) is 3.68. The lowest BCUT2D eigenvalue weighted by Gasteiger charge is -2.31. The molecular weight excluding hydrogens is 360 g/mol. The van der Waals surface area contributed by atoms with E-state index in [4.69, 9.17) is 4.74 Å². The van der Waals surface area contributed by atoms with Crippen LogP contribution < -0.4 is 10.1 Å². The molecule has 2 N–H and O–H groups in total. The summed E-state index contributed by atoms with van der Waals surface area (Å²) in [5.41, 5.74) is 0.988. The van der Waals surface area contributed by atoms with Crippen molar-refractivity contribution in [2.45, 2.75) is 45.1 Å². The van der Waals surface area contributed by atoms with Crippen molar-refractivity contribution in [3.63, 3.8) is 0 Å². The largest absolute Gasteiger partial charge is 0.504 e. The number of carbonyl (C=O) groups is 3. The van der Waals surface area contributed by atoms with Crippen molar-refractivity contribution in [1.82, 2.24) is 10.2 Å². The molecule has 1 aromatic carbocycles. The standard InChI is InChI=1S/C21H24N2O5/c1-3-7-14-10-13(12-17(18(14)24)28-4-2)11-16-19(25)22-21(27)23(20(16)26)15-8-5-6-9-15/h3,10-12,15,24H,1,4-9H2,2H3,(H,22,25,27)/b16-11+. The van der Waals surface area contributed by atoms with Crippen LogP contribution in [0.3, 0.4) is 0 Å². The number of barbiturate groups is 1. The van der Waals surface area contributed by atoms with Crippen molar-refractivity contribution in [3.05, 3.63) is 41.5 Å². The first kappa shape index (κ1) is 19.7. The normalized spacial score (nSPS) is 19.2. The number of phenols is 1. The summed E-state index contributed by atoms with van der Waals surface area (Å²) < 4.78 is 5.46. The Kier molecular flexibility index (Phi) is 5.82. The van der Waals surface area contributed by atoms with Gasteiger partial charge in [-0.2, -0.15) is 0 Å². The van der Waals surface area contributed by atoms with Crippen molar-refractivity contribution < 1.29 is 24.2 Å². The summed E-state index contributed by atoms with van der Waals surface area (Å²) >= 11 is 0. The lowest BCUT2D eigenvalue weighted by molar-refractivity contribution is -0.131. The highest BCUT2D eigenvalue weighted by Crippen LogP contribution is 2.34. The van der Waals surface area contributed by atoms with Gasteiger partial charge < -0.3 is 9.84 Å². The molecule has 1 aromatic rings. The Morgan fingerprint density at radius 2 is 2.00 bits per heavy atom. The van der Waals surface area contributed by atoms with Crippen LogP contribution in [0.1, 0.15) is 43.7 Å². The van der Waals surface area contributed by atoms with Gasteiger partial charge in [0.25, 0.3) is 11.8 Å². The van der Waals surface area contributed by atoms with Gasteiger partial charge >= 0.3 is 6.03 Å². The van der Waals surface area contributed by atoms with Gasteiger partial charge in [-0.1, -0.05) is 18.9 Å². The number of benzene rings is 1. The molecular formula is C21H24N2O5. The zero-order valence-electron chi connectivity index (χ0n) is 15.9. The molecule has 7 heteroatoms. The smallest absolute Gasteiger partial charge is 0.331 e. The zero-order valence-corrected chi connectivity index (χ0v) is 15.9. The molecule has 1 aliphatic carbocycles. The lowest BCUT2D eigenvalue weighted by Crippen LogP contribution is -2.57. The number of imide groups is 2. The van der Waals surface area contributed by atoms with Gasteiger partial charge in [0.2, 0.25) is 0 Å².